The summed E-state index contributed by atoms with van der Waals surface area (Å²) >= 11 is 6.14. The maximum Gasteiger partial charge on any atom is 0.119 e. The fourth-order valence-electron chi connectivity index (χ4n) is 2.96. The number of likely N-dealkylation sites (N-methyl/N-ethyl adjacent to an activating group) is 1. The molecule has 1 aliphatic rings. The molecule has 1 aliphatic heterocycles. The maximum absolute atomic E-state index is 6.14. The van der Waals surface area contributed by atoms with E-state index < -0.39 is 0 Å². The summed E-state index contributed by atoms with van der Waals surface area (Å²) in [6, 6.07) is 14.5. The fraction of sp³-hybridized carbons (Fsp3) is 0.294. The lowest BCUT2D eigenvalue weighted by Gasteiger charge is -2.33. The molecule has 0 fully saturated rings. The van der Waals surface area contributed by atoms with E-state index >= 15 is 0 Å². The van der Waals surface area contributed by atoms with Crippen molar-refractivity contribution in [3.05, 3.63) is 64.2 Å². The van der Waals surface area contributed by atoms with E-state index in [1.54, 1.807) is 7.11 Å². The Morgan fingerprint density at radius 3 is 2.71 bits per heavy atom. The molecule has 2 aromatic rings. The molecule has 0 N–H and O–H groups in total. The third-order valence-corrected chi connectivity index (χ3v) is 4.15. The van der Waals surface area contributed by atoms with Gasteiger partial charge in [0.15, 0.2) is 0 Å². The molecule has 21 heavy (non-hydrogen) atoms. The number of methoxy groups -OCH3 is 1. The van der Waals surface area contributed by atoms with Crippen LogP contribution in [0.4, 0.5) is 0 Å². The van der Waals surface area contributed by atoms with Crippen molar-refractivity contribution in [2.75, 3.05) is 20.7 Å². The zero-order valence-corrected chi connectivity index (χ0v) is 13.7. The lowest BCUT2D eigenvalue weighted by Crippen LogP contribution is -2.30. The summed E-state index contributed by atoms with van der Waals surface area (Å²) in [5.74, 6) is 1.29. The van der Waals surface area contributed by atoms with Gasteiger partial charge in [-0.05, 0) is 48.0 Å². The van der Waals surface area contributed by atoms with Crippen molar-refractivity contribution >= 4 is 24.0 Å². The summed E-state index contributed by atoms with van der Waals surface area (Å²) in [6.07, 6.45) is 0. The monoisotopic (exact) mass is 323 g/mol. The minimum atomic E-state index is 0. The highest BCUT2D eigenvalue weighted by Crippen LogP contribution is 2.35. The molecular formula is C17H19Cl2NO. The van der Waals surface area contributed by atoms with Gasteiger partial charge in [-0.2, -0.15) is 0 Å². The molecule has 0 aromatic heterocycles. The normalized spacial score (nSPS) is 17.8. The van der Waals surface area contributed by atoms with Crippen molar-refractivity contribution in [3.63, 3.8) is 0 Å². The molecule has 0 radical (unpaired) electrons. The largest absolute Gasteiger partial charge is 0.497 e. The van der Waals surface area contributed by atoms with Crippen LogP contribution in [-0.2, 0) is 6.54 Å². The highest BCUT2D eigenvalue weighted by atomic mass is 35.5. The van der Waals surface area contributed by atoms with E-state index in [9.17, 15) is 0 Å². The van der Waals surface area contributed by atoms with E-state index in [4.69, 9.17) is 16.3 Å². The van der Waals surface area contributed by atoms with E-state index in [-0.39, 0.29) is 12.4 Å². The third kappa shape index (κ3) is 3.34. The van der Waals surface area contributed by atoms with Crippen LogP contribution in [0.5, 0.6) is 5.75 Å². The molecular weight excluding hydrogens is 305 g/mol. The topological polar surface area (TPSA) is 12.5 Å². The van der Waals surface area contributed by atoms with Crippen molar-refractivity contribution in [2.24, 2.45) is 0 Å². The van der Waals surface area contributed by atoms with Crippen LogP contribution < -0.4 is 4.74 Å². The molecule has 1 heterocycles. The Hall–Kier alpha value is -1.22. The minimum Gasteiger partial charge on any atom is -0.497 e. The van der Waals surface area contributed by atoms with Crippen molar-refractivity contribution < 1.29 is 4.74 Å². The van der Waals surface area contributed by atoms with Crippen molar-refractivity contribution in [3.8, 4) is 5.75 Å². The van der Waals surface area contributed by atoms with Gasteiger partial charge in [-0.1, -0.05) is 29.8 Å². The maximum atomic E-state index is 6.14. The van der Waals surface area contributed by atoms with Crippen LogP contribution in [0, 0.1) is 0 Å². The van der Waals surface area contributed by atoms with Gasteiger partial charge < -0.3 is 9.64 Å². The third-order valence-electron chi connectivity index (χ3n) is 3.91. The highest BCUT2D eigenvalue weighted by molar-refractivity contribution is 6.30. The number of hydrogen-bond acceptors (Lipinski definition) is 2. The van der Waals surface area contributed by atoms with E-state index in [0.717, 1.165) is 23.9 Å². The molecule has 4 heteroatoms. The highest BCUT2D eigenvalue weighted by Gasteiger charge is 2.25. The van der Waals surface area contributed by atoms with Crippen LogP contribution in [-0.4, -0.2) is 25.6 Å². The summed E-state index contributed by atoms with van der Waals surface area (Å²) in [5.41, 5.74) is 3.99. The van der Waals surface area contributed by atoms with Crippen LogP contribution in [0.1, 0.15) is 22.6 Å². The number of rotatable bonds is 2. The molecule has 112 valence electrons. The molecule has 2 aromatic carbocycles. The van der Waals surface area contributed by atoms with Crippen LogP contribution >= 0.6 is 24.0 Å². The Labute approximate surface area is 137 Å². The number of nitrogens with zero attached hydrogens (tertiary/aromatic N) is 1. The van der Waals surface area contributed by atoms with Crippen LogP contribution in [0.25, 0.3) is 0 Å². The first-order valence-corrected chi connectivity index (χ1v) is 7.16. The van der Waals surface area contributed by atoms with Crippen LogP contribution in [0.3, 0.4) is 0 Å². The molecule has 3 rings (SSSR count). The SMILES string of the molecule is COc1ccc2c(c1)CN(C)CC2c1cccc(Cl)c1.Cl. The van der Waals surface area contributed by atoms with E-state index in [1.807, 2.05) is 18.2 Å². The van der Waals surface area contributed by atoms with Gasteiger partial charge in [0.05, 0.1) is 7.11 Å². The zero-order chi connectivity index (χ0) is 14.1. The lowest BCUT2D eigenvalue weighted by atomic mass is 9.85. The Morgan fingerprint density at radius 2 is 2.00 bits per heavy atom. The van der Waals surface area contributed by atoms with Crippen LogP contribution in [0.15, 0.2) is 42.5 Å². The van der Waals surface area contributed by atoms with Gasteiger partial charge in [-0.3, -0.25) is 0 Å². The number of halogens is 2. The fourth-order valence-corrected chi connectivity index (χ4v) is 3.16. The van der Waals surface area contributed by atoms with Gasteiger partial charge in [0.1, 0.15) is 5.75 Å². The Balaban J connectivity index is 0.00000161. The summed E-state index contributed by atoms with van der Waals surface area (Å²) in [6.45, 7) is 1.98. The van der Waals surface area contributed by atoms with Gasteiger partial charge in [0, 0.05) is 24.0 Å². The van der Waals surface area contributed by atoms with Crippen molar-refractivity contribution in [2.45, 2.75) is 12.5 Å². The Bertz CT molecular complexity index is 630. The average molecular weight is 324 g/mol. The van der Waals surface area contributed by atoms with Crippen LogP contribution in [0.2, 0.25) is 5.02 Å². The first-order chi connectivity index (χ1) is 9.67. The molecule has 1 unspecified atom stereocenters. The first kappa shape index (κ1) is 16.2. The van der Waals surface area contributed by atoms with Crippen molar-refractivity contribution in [1.82, 2.24) is 4.90 Å². The minimum absolute atomic E-state index is 0. The van der Waals surface area contributed by atoms with E-state index in [0.29, 0.717) is 5.92 Å². The summed E-state index contributed by atoms with van der Waals surface area (Å²) in [5, 5.41) is 0.797. The molecule has 0 saturated carbocycles. The first-order valence-electron chi connectivity index (χ1n) is 6.78. The second-order valence-electron chi connectivity index (χ2n) is 5.37. The summed E-state index contributed by atoms with van der Waals surface area (Å²) < 4.78 is 5.34. The average Bonchev–Trinajstić information content (AvgIpc) is 2.45. The van der Waals surface area contributed by atoms with Crippen molar-refractivity contribution in [1.29, 1.82) is 0 Å². The molecule has 2 nitrogen and oxygen atoms in total. The van der Waals surface area contributed by atoms with Gasteiger partial charge >= 0.3 is 0 Å². The molecule has 0 bridgehead atoms. The molecule has 0 spiro atoms. The molecule has 0 aliphatic carbocycles. The predicted octanol–water partition coefficient (Wildman–Crippen LogP) is 4.35. The quantitative estimate of drug-likeness (QED) is 0.814. The summed E-state index contributed by atoms with van der Waals surface area (Å²) in [7, 11) is 3.86. The second kappa shape index (κ2) is 6.69. The standard InChI is InChI=1S/C17H18ClNO.ClH/c1-19-10-13-9-15(20-2)6-7-16(13)17(11-19)12-4-3-5-14(18)8-12;/h3-9,17H,10-11H2,1-2H3;1H. The Kier molecular flexibility index (Phi) is 5.15. The number of fused-ring (bicyclic) bond motifs is 1. The predicted molar refractivity (Wildman–Crippen MR) is 89.9 cm³/mol. The van der Waals surface area contributed by atoms with Gasteiger partial charge in [0.2, 0.25) is 0 Å². The lowest BCUT2D eigenvalue weighted by molar-refractivity contribution is 0.294. The molecule has 1 atom stereocenters. The summed E-state index contributed by atoms with van der Waals surface area (Å²) in [4.78, 5) is 2.34. The van der Waals surface area contributed by atoms with Gasteiger partial charge in [0.25, 0.3) is 0 Å². The van der Waals surface area contributed by atoms with Gasteiger partial charge in [-0.15, -0.1) is 12.4 Å². The second-order valence-corrected chi connectivity index (χ2v) is 5.81. The van der Waals surface area contributed by atoms with Gasteiger partial charge in [-0.25, -0.2) is 0 Å². The smallest absolute Gasteiger partial charge is 0.119 e. The molecule has 0 amide bonds. The molecule has 0 saturated heterocycles. The zero-order valence-electron chi connectivity index (χ0n) is 12.2. The number of benzene rings is 2. The Morgan fingerprint density at radius 1 is 1.19 bits per heavy atom. The van der Waals surface area contributed by atoms with E-state index in [1.165, 1.54) is 16.7 Å². The number of hydrogen-bond donors (Lipinski definition) is 0. The van der Waals surface area contributed by atoms with E-state index in [2.05, 4.69) is 36.2 Å². The number of ether oxygens (including phenoxy) is 1.